The lowest BCUT2D eigenvalue weighted by Gasteiger charge is -2.71. The van der Waals surface area contributed by atoms with Crippen LogP contribution in [0.1, 0.15) is 119 Å². The summed E-state index contributed by atoms with van der Waals surface area (Å²) in [4.78, 5) is 13.0. The number of rotatable bonds is 3. The van der Waals surface area contributed by atoms with E-state index in [4.69, 9.17) is 4.74 Å². The van der Waals surface area contributed by atoms with E-state index in [9.17, 15) is 4.79 Å². The number of fused-ring (bicyclic) bond motifs is 7. The number of benzene rings is 1. The molecule has 10 unspecified atom stereocenters. The van der Waals surface area contributed by atoms with E-state index in [1.54, 1.807) is 0 Å². The van der Waals surface area contributed by atoms with Crippen molar-refractivity contribution < 1.29 is 9.53 Å². The molecule has 6 rings (SSSR count). The van der Waals surface area contributed by atoms with Gasteiger partial charge in [0.2, 0.25) is 0 Å². The normalized spacial score (nSPS) is 47.5. The summed E-state index contributed by atoms with van der Waals surface area (Å²) < 4.78 is 6.31. The second-order valence-corrected chi connectivity index (χ2v) is 16.8. The fourth-order valence-corrected chi connectivity index (χ4v) is 12.0. The average molecular weight is 545 g/mol. The highest BCUT2D eigenvalue weighted by atomic mass is 16.5. The number of carbonyl (C=O) groups excluding carboxylic acids is 1. The van der Waals surface area contributed by atoms with Gasteiger partial charge in [0.05, 0.1) is 6.42 Å². The first kappa shape index (κ1) is 28.5. The minimum atomic E-state index is -0.0626. The number of allylic oxidation sites excluding steroid dienone is 2. The fourth-order valence-electron chi connectivity index (χ4n) is 12.0. The van der Waals surface area contributed by atoms with Crippen molar-refractivity contribution in [1.29, 1.82) is 0 Å². The van der Waals surface area contributed by atoms with Gasteiger partial charge in [-0.1, -0.05) is 97.4 Å². The maximum atomic E-state index is 13.0. The Bertz CT molecular complexity index is 1170. The van der Waals surface area contributed by atoms with E-state index in [1.165, 1.54) is 51.4 Å². The maximum Gasteiger partial charge on any atom is 0.310 e. The summed E-state index contributed by atoms with van der Waals surface area (Å²) in [5.74, 6) is 3.61. The first-order chi connectivity index (χ1) is 18.8. The number of carbonyl (C=O) groups is 1. The molecule has 1 aromatic rings. The molecular formula is C38H56O2. The molecule has 2 nitrogen and oxygen atoms in total. The van der Waals surface area contributed by atoms with Crippen molar-refractivity contribution in [2.45, 2.75) is 126 Å². The zero-order valence-corrected chi connectivity index (χ0v) is 26.8. The van der Waals surface area contributed by atoms with Crippen LogP contribution in [0.4, 0.5) is 0 Å². The quantitative estimate of drug-likeness (QED) is 0.280. The van der Waals surface area contributed by atoms with Gasteiger partial charge < -0.3 is 4.74 Å². The molecule has 0 aromatic heterocycles. The van der Waals surface area contributed by atoms with Crippen LogP contribution < -0.4 is 0 Å². The van der Waals surface area contributed by atoms with Crippen molar-refractivity contribution in [3.8, 4) is 0 Å². The van der Waals surface area contributed by atoms with Gasteiger partial charge in [0.1, 0.15) is 6.10 Å². The predicted molar refractivity (Wildman–Crippen MR) is 165 cm³/mol. The van der Waals surface area contributed by atoms with Crippen LogP contribution in [0.5, 0.6) is 0 Å². The molecule has 0 amide bonds. The lowest BCUT2D eigenvalue weighted by molar-refractivity contribution is -0.213. The summed E-state index contributed by atoms with van der Waals surface area (Å²) in [6.07, 6.45) is 14.8. The summed E-state index contributed by atoms with van der Waals surface area (Å²) in [6.45, 7) is 20.6. The van der Waals surface area contributed by atoms with Crippen molar-refractivity contribution in [1.82, 2.24) is 0 Å². The molecule has 5 aliphatic rings. The molecule has 1 aromatic carbocycles. The van der Waals surface area contributed by atoms with E-state index in [1.807, 2.05) is 35.9 Å². The van der Waals surface area contributed by atoms with E-state index in [-0.39, 0.29) is 22.9 Å². The Morgan fingerprint density at radius 3 is 2.30 bits per heavy atom. The maximum absolute atomic E-state index is 13.0. The molecular weight excluding hydrogens is 488 g/mol. The lowest BCUT2D eigenvalue weighted by Crippen LogP contribution is -2.65. The van der Waals surface area contributed by atoms with E-state index in [0.29, 0.717) is 34.5 Å². The van der Waals surface area contributed by atoms with Crippen LogP contribution in [0, 0.1) is 56.7 Å². The molecule has 0 radical (unpaired) electrons. The Morgan fingerprint density at radius 1 is 0.850 bits per heavy atom. The van der Waals surface area contributed by atoms with Crippen LogP contribution in [0.3, 0.4) is 0 Å². The molecule has 4 saturated carbocycles. The SMILES string of the molecule is CC1CCC2(C)CCC3(C)C(=CCC4C5(C)CCC(OC(=O)Cc6ccccc6)C(C)(C)C5CCC43C)C2C1C. The van der Waals surface area contributed by atoms with E-state index in [2.05, 4.69) is 61.5 Å². The van der Waals surface area contributed by atoms with Crippen molar-refractivity contribution in [3.63, 3.8) is 0 Å². The molecule has 40 heavy (non-hydrogen) atoms. The summed E-state index contributed by atoms with van der Waals surface area (Å²) in [7, 11) is 0. The van der Waals surface area contributed by atoms with Crippen LogP contribution >= 0.6 is 0 Å². The minimum absolute atomic E-state index is 0.00989. The molecule has 0 aliphatic heterocycles. The predicted octanol–water partition coefficient (Wildman–Crippen LogP) is 9.82. The standard InChI is InChI=1S/C38H56O2/c1-25-16-19-35(5)22-23-37(7)28(33(35)26(25)2)14-15-30-36(6)20-18-31(34(3,4)29(36)17-21-38(30,37)8)40-32(39)24-27-12-10-9-11-13-27/h9-14,25-26,29-31,33H,15-24H2,1-8H3. The van der Waals surface area contributed by atoms with Crippen LogP contribution in [0.2, 0.25) is 0 Å². The van der Waals surface area contributed by atoms with Gasteiger partial charge in [0.15, 0.2) is 0 Å². The first-order valence-corrected chi connectivity index (χ1v) is 16.7. The smallest absolute Gasteiger partial charge is 0.310 e. The summed E-state index contributed by atoms with van der Waals surface area (Å²) >= 11 is 0. The van der Waals surface area contributed by atoms with Crippen LogP contribution in [-0.4, -0.2) is 12.1 Å². The summed E-state index contributed by atoms with van der Waals surface area (Å²) in [5.41, 5.74) is 4.33. The minimum Gasteiger partial charge on any atom is -0.462 e. The number of hydrogen-bond donors (Lipinski definition) is 0. The second kappa shape index (κ2) is 9.47. The summed E-state index contributed by atoms with van der Waals surface area (Å²) in [5, 5.41) is 0. The fraction of sp³-hybridized carbons (Fsp3) is 0.763. The number of esters is 1. The third-order valence-corrected chi connectivity index (χ3v) is 14.8. The molecule has 0 spiro atoms. The molecule has 2 heteroatoms. The molecule has 4 fully saturated rings. The Hall–Kier alpha value is -1.57. The van der Waals surface area contributed by atoms with Gasteiger partial charge in [0, 0.05) is 5.41 Å². The van der Waals surface area contributed by atoms with Crippen LogP contribution in [-0.2, 0) is 16.0 Å². The highest BCUT2D eigenvalue weighted by molar-refractivity contribution is 5.72. The van der Waals surface area contributed by atoms with Gasteiger partial charge in [-0.15, -0.1) is 0 Å². The topological polar surface area (TPSA) is 26.3 Å². The highest BCUT2D eigenvalue weighted by Gasteiger charge is 2.68. The van der Waals surface area contributed by atoms with Crippen molar-refractivity contribution in [2.24, 2.45) is 56.7 Å². The van der Waals surface area contributed by atoms with Crippen LogP contribution in [0.25, 0.3) is 0 Å². The number of hydrogen-bond acceptors (Lipinski definition) is 2. The van der Waals surface area contributed by atoms with Crippen LogP contribution in [0.15, 0.2) is 42.0 Å². The van der Waals surface area contributed by atoms with Gasteiger partial charge in [-0.25, -0.2) is 0 Å². The highest BCUT2D eigenvalue weighted by Crippen LogP contribution is 2.75. The largest absolute Gasteiger partial charge is 0.462 e. The molecule has 5 aliphatic carbocycles. The molecule has 0 bridgehead atoms. The van der Waals surface area contributed by atoms with Gasteiger partial charge in [-0.2, -0.15) is 0 Å². The van der Waals surface area contributed by atoms with Gasteiger partial charge in [0.25, 0.3) is 0 Å². The first-order valence-electron chi connectivity index (χ1n) is 16.7. The van der Waals surface area contributed by atoms with E-state index >= 15 is 0 Å². The molecule has 0 saturated heterocycles. The zero-order valence-electron chi connectivity index (χ0n) is 26.8. The molecule has 0 heterocycles. The molecule has 0 N–H and O–H groups in total. The van der Waals surface area contributed by atoms with E-state index < -0.39 is 0 Å². The van der Waals surface area contributed by atoms with Gasteiger partial charge in [-0.05, 0) is 115 Å². The zero-order chi connectivity index (χ0) is 28.7. The second-order valence-electron chi connectivity index (χ2n) is 16.8. The van der Waals surface area contributed by atoms with Crippen molar-refractivity contribution >= 4 is 5.97 Å². The Balaban J connectivity index is 1.27. The summed E-state index contributed by atoms with van der Waals surface area (Å²) in [6, 6.07) is 10.1. The molecule has 10 atom stereocenters. The van der Waals surface area contributed by atoms with Gasteiger partial charge >= 0.3 is 5.97 Å². The Kier molecular flexibility index (Phi) is 6.76. The third-order valence-electron chi connectivity index (χ3n) is 14.8. The Morgan fingerprint density at radius 2 is 1.57 bits per heavy atom. The van der Waals surface area contributed by atoms with Crippen molar-refractivity contribution in [3.05, 3.63) is 47.5 Å². The van der Waals surface area contributed by atoms with Gasteiger partial charge in [-0.3, -0.25) is 4.79 Å². The molecule has 220 valence electrons. The third kappa shape index (κ3) is 3.96. The lowest BCUT2D eigenvalue weighted by atomic mass is 9.33. The monoisotopic (exact) mass is 544 g/mol. The average Bonchev–Trinajstić information content (AvgIpc) is 2.89. The Labute approximate surface area is 245 Å². The van der Waals surface area contributed by atoms with Crippen molar-refractivity contribution in [2.75, 3.05) is 0 Å². The van der Waals surface area contributed by atoms with E-state index in [0.717, 1.165) is 29.7 Å². The number of ether oxygens (including phenoxy) is 1.